The fourth-order valence-electron chi connectivity index (χ4n) is 3.16. The molecule has 176 valence electrons. The van der Waals surface area contributed by atoms with Gasteiger partial charge in [-0.05, 0) is 43.7 Å². The number of rotatable bonds is 9. The largest absolute Gasteiger partial charge is 0.479 e. The number of aromatic nitrogens is 2. The molecule has 1 aromatic heterocycles. The lowest BCUT2D eigenvalue weighted by Crippen LogP contribution is -2.38. The lowest BCUT2D eigenvalue weighted by Gasteiger charge is -2.18. The summed E-state index contributed by atoms with van der Waals surface area (Å²) in [6.07, 6.45) is 2.00. The van der Waals surface area contributed by atoms with E-state index in [2.05, 4.69) is 25.0 Å². The van der Waals surface area contributed by atoms with Crippen molar-refractivity contribution in [2.45, 2.75) is 20.0 Å². The van der Waals surface area contributed by atoms with Crippen LogP contribution in [0.1, 0.15) is 12.5 Å². The number of amides is 1. The summed E-state index contributed by atoms with van der Waals surface area (Å²) >= 11 is 0. The Bertz CT molecular complexity index is 1250. The van der Waals surface area contributed by atoms with Gasteiger partial charge in [-0.15, -0.1) is 6.26 Å². The van der Waals surface area contributed by atoms with Gasteiger partial charge in [0.25, 0.3) is 5.91 Å². The molecule has 0 saturated carbocycles. The van der Waals surface area contributed by atoms with Gasteiger partial charge in [0, 0.05) is 30.8 Å². The monoisotopic (exact) mass is 474 g/mol. The number of halogens is 1. The number of aryl methyl sites for hydroxylation is 1. The molecule has 2 N–H and O–H groups in total. The summed E-state index contributed by atoms with van der Waals surface area (Å²) in [7, 11) is 0.189. The smallest absolute Gasteiger partial charge is 0.260 e. The fraction of sp³-hybridized carbons (Fsp3) is 0.318. The highest BCUT2D eigenvalue weighted by molar-refractivity contribution is 7.74. The van der Waals surface area contributed by atoms with Crippen LogP contribution in [0.5, 0.6) is 5.75 Å². The van der Waals surface area contributed by atoms with Gasteiger partial charge < -0.3 is 28.7 Å². The number of benzene rings is 2. The van der Waals surface area contributed by atoms with Crippen LogP contribution >= 0.6 is 0 Å². The fourth-order valence-corrected chi connectivity index (χ4v) is 3.56. The first-order valence-electron chi connectivity index (χ1n) is 10.1. The number of carbonyl (C=O) groups excluding carboxylic acids is 1. The molecule has 1 heterocycles. The van der Waals surface area contributed by atoms with Gasteiger partial charge in [0.15, 0.2) is 6.10 Å². The molecule has 0 aliphatic heterocycles. The number of carbonyl (C=O) groups is 1. The maximum Gasteiger partial charge on any atom is 0.260 e. The third-order valence-electron chi connectivity index (χ3n) is 4.63. The summed E-state index contributed by atoms with van der Waals surface area (Å²) in [5, 5.41) is 6.56. The number of fused-ring (bicyclic) bond motifs is 1. The van der Waals surface area contributed by atoms with Gasteiger partial charge in [-0.25, -0.2) is 14.4 Å². The van der Waals surface area contributed by atoms with E-state index in [0.717, 1.165) is 10.9 Å². The Labute approximate surface area is 192 Å². The quantitative estimate of drug-likeness (QED) is 0.358. The molecule has 0 aliphatic rings. The van der Waals surface area contributed by atoms with E-state index in [0.29, 0.717) is 35.9 Å². The topological polar surface area (TPSA) is 115 Å². The number of ether oxygens (including phenoxy) is 2. The van der Waals surface area contributed by atoms with Crippen molar-refractivity contribution < 1.29 is 22.9 Å². The van der Waals surface area contributed by atoms with Crippen molar-refractivity contribution >= 4 is 44.6 Å². The lowest BCUT2D eigenvalue weighted by molar-refractivity contribution is -0.127. The van der Waals surface area contributed by atoms with Gasteiger partial charge >= 0.3 is 0 Å². The molecule has 9 nitrogen and oxygen atoms in total. The third-order valence-corrected chi connectivity index (χ3v) is 5.10. The molecule has 0 bridgehead atoms. The van der Waals surface area contributed by atoms with Gasteiger partial charge in [-0.1, -0.05) is 0 Å². The van der Waals surface area contributed by atoms with Crippen molar-refractivity contribution in [3.05, 3.63) is 48.0 Å². The van der Waals surface area contributed by atoms with Crippen LogP contribution in [-0.4, -0.2) is 48.5 Å². The van der Waals surface area contributed by atoms with Gasteiger partial charge in [-0.3, -0.25) is 4.79 Å². The van der Waals surface area contributed by atoms with Crippen molar-refractivity contribution in [3.8, 4) is 5.75 Å². The number of nitrogens with zero attached hydrogens (tertiary/aromatic N) is 3. The molecule has 0 unspecified atom stereocenters. The van der Waals surface area contributed by atoms with Gasteiger partial charge in [-0.2, -0.15) is 10.6 Å². The average molecular weight is 475 g/mol. The van der Waals surface area contributed by atoms with E-state index in [-0.39, 0.29) is 11.7 Å². The normalized spacial score (nSPS) is 13.0. The molecule has 2 aromatic carbocycles. The molecular formula is C22H25FN5O4S-. The molecule has 33 heavy (non-hydrogen) atoms. The molecule has 3 aromatic rings. The van der Waals surface area contributed by atoms with Crippen LogP contribution < -0.4 is 15.4 Å². The maximum atomic E-state index is 14.0. The van der Waals surface area contributed by atoms with Crippen molar-refractivity contribution in [2.75, 3.05) is 31.8 Å². The summed E-state index contributed by atoms with van der Waals surface area (Å²) in [5.74, 6) is -0.239. The van der Waals surface area contributed by atoms with Crippen molar-refractivity contribution in [2.24, 2.45) is 4.36 Å². The number of anilines is 2. The minimum Gasteiger partial charge on any atom is -0.479 e. The Kier molecular flexibility index (Phi) is 8.12. The second kappa shape index (κ2) is 11.0. The van der Waals surface area contributed by atoms with Crippen molar-refractivity contribution in [1.29, 1.82) is 0 Å². The minimum atomic E-state index is -1.35. The minimum absolute atomic E-state index is 0.154. The molecule has 0 fully saturated rings. The Morgan fingerprint density at radius 1 is 1.27 bits per heavy atom. The second-order valence-electron chi connectivity index (χ2n) is 7.20. The molecule has 3 rings (SSSR count). The van der Waals surface area contributed by atoms with Crippen LogP contribution in [0, 0.1) is 12.7 Å². The molecule has 1 amide bonds. The standard InChI is InChI=1S/C22H25FN5O4S/c1-13-9-16(28-33(4)30)11-18-20(13)21(26-12-25-18)27-17-6-5-15(23)10-19(17)32-14(2)22(29)24-7-8-31-3/h5-6,9-12,14H,7-8H2,1-4H3,(H,24,29)(H,25,26,27)/q-1/t14-/m1/s1. The van der Waals surface area contributed by atoms with E-state index in [4.69, 9.17) is 9.47 Å². The SMILES string of the molecule is COCCNC(=O)[C@@H](C)Oc1cc(F)ccc1Nc1ncnc2cc(N=[S-](C)=O)cc(C)c12. The van der Waals surface area contributed by atoms with E-state index < -0.39 is 22.5 Å². The van der Waals surface area contributed by atoms with Gasteiger partial charge in [0.1, 0.15) is 23.7 Å². The number of hydrogen-bond acceptors (Lipinski definition) is 9. The highest BCUT2D eigenvalue weighted by Gasteiger charge is 2.18. The molecular weight excluding hydrogens is 449 g/mol. The summed E-state index contributed by atoms with van der Waals surface area (Å²) < 4.78 is 40.2. The molecule has 11 heteroatoms. The van der Waals surface area contributed by atoms with Gasteiger partial charge in [0.05, 0.1) is 17.8 Å². The summed E-state index contributed by atoms with van der Waals surface area (Å²) in [4.78, 5) is 20.9. The molecule has 0 saturated heterocycles. The van der Waals surface area contributed by atoms with Crippen LogP contribution in [0.2, 0.25) is 0 Å². The van der Waals surface area contributed by atoms with Crippen molar-refractivity contribution in [3.63, 3.8) is 0 Å². The predicted octanol–water partition coefficient (Wildman–Crippen LogP) is 3.76. The molecule has 1 atom stereocenters. The highest BCUT2D eigenvalue weighted by Crippen LogP contribution is 2.34. The molecule has 0 spiro atoms. The summed E-state index contributed by atoms with van der Waals surface area (Å²) in [6, 6.07) is 7.48. The van der Waals surface area contributed by atoms with Crippen LogP contribution in [-0.2, 0) is 24.3 Å². The first-order chi connectivity index (χ1) is 15.8. The van der Waals surface area contributed by atoms with Gasteiger partial charge in [0.2, 0.25) is 0 Å². The Hall–Kier alpha value is -3.31. The molecule has 0 radical (unpaired) electrons. The van der Waals surface area contributed by atoms with E-state index >= 15 is 0 Å². The zero-order chi connectivity index (χ0) is 24.0. The van der Waals surface area contributed by atoms with Crippen LogP contribution in [0.4, 0.5) is 21.6 Å². The Balaban J connectivity index is 1.92. The van der Waals surface area contributed by atoms with E-state index in [1.807, 2.05) is 6.92 Å². The predicted molar refractivity (Wildman–Crippen MR) is 125 cm³/mol. The van der Waals surface area contributed by atoms with E-state index in [1.165, 1.54) is 37.9 Å². The Morgan fingerprint density at radius 2 is 2.06 bits per heavy atom. The van der Waals surface area contributed by atoms with Crippen molar-refractivity contribution in [1.82, 2.24) is 15.3 Å². The number of hydrogen-bond donors (Lipinski definition) is 2. The van der Waals surface area contributed by atoms with Crippen LogP contribution in [0.15, 0.2) is 41.0 Å². The van der Waals surface area contributed by atoms with E-state index in [9.17, 15) is 13.4 Å². The summed E-state index contributed by atoms with van der Waals surface area (Å²) in [6.45, 7) is 4.14. The first kappa shape index (κ1) is 24.3. The van der Waals surface area contributed by atoms with Crippen LogP contribution in [0.25, 0.3) is 10.9 Å². The lowest BCUT2D eigenvalue weighted by atomic mass is 10.1. The maximum absolute atomic E-state index is 14.0. The number of methoxy groups -OCH3 is 1. The Morgan fingerprint density at radius 3 is 2.79 bits per heavy atom. The zero-order valence-corrected chi connectivity index (χ0v) is 19.5. The zero-order valence-electron chi connectivity index (χ0n) is 18.7. The second-order valence-corrected chi connectivity index (χ2v) is 8.23. The summed E-state index contributed by atoms with van der Waals surface area (Å²) in [5.41, 5.74) is 2.39. The third kappa shape index (κ3) is 6.36. The van der Waals surface area contributed by atoms with Crippen LogP contribution in [0.3, 0.4) is 0 Å². The van der Waals surface area contributed by atoms with E-state index in [1.54, 1.807) is 19.1 Å². The molecule has 0 aliphatic carbocycles. The number of nitrogens with one attached hydrogen (secondary N) is 2. The average Bonchev–Trinajstić information content (AvgIpc) is 2.75. The first-order valence-corrected chi connectivity index (χ1v) is 11.6. The highest BCUT2D eigenvalue weighted by atomic mass is 32.2.